The van der Waals surface area contributed by atoms with Gasteiger partial charge >= 0.3 is 0 Å². The lowest BCUT2D eigenvalue weighted by molar-refractivity contribution is 0.250. The minimum Gasteiger partial charge on any atom is -0.493 e. The van der Waals surface area contributed by atoms with Crippen LogP contribution in [0.3, 0.4) is 0 Å². The Balaban J connectivity index is 2.58. The average molecular weight is 208 g/mol. The summed E-state index contributed by atoms with van der Waals surface area (Å²) in [5.41, 5.74) is 1.09. The second-order valence-corrected chi connectivity index (χ2v) is 3.91. The summed E-state index contributed by atoms with van der Waals surface area (Å²) >= 11 is 0. The highest BCUT2D eigenvalue weighted by atomic mass is 16.5. The highest BCUT2D eigenvalue weighted by Gasteiger charge is 2.04. The second-order valence-electron chi connectivity index (χ2n) is 3.91. The van der Waals surface area contributed by atoms with Crippen molar-refractivity contribution in [1.29, 1.82) is 0 Å². The van der Waals surface area contributed by atoms with Crippen LogP contribution in [0.4, 0.5) is 0 Å². The predicted molar refractivity (Wildman–Crippen MR) is 62.2 cm³/mol. The summed E-state index contributed by atoms with van der Waals surface area (Å²) in [6.07, 6.45) is 1.79. The topological polar surface area (TPSA) is 29.5 Å². The van der Waals surface area contributed by atoms with Gasteiger partial charge in [0.05, 0.1) is 6.61 Å². The first-order chi connectivity index (χ1) is 7.27. The number of hydrogen-bond acceptors (Lipinski definition) is 2. The number of rotatable bonds is 6. The fourth-order valence-electron chi connectivity index (χ4n) is 1.32. The van der Waals surface area contributed by atoms with Gasteiger partial charge in [-0.1, -0.05) is 38.5 Å². The second kappa shape index (κ2) is 6.46. The average Bonchev–Trinajstić information content (AvgIpc) is 2.28. The van der Waals surface area contributed by atoms with Crippen molar-refractivity contribution in [2.75, 3.05) is 13.2 Å². The van der Waals surface area contributed by atoms with Crippen LogP contribution in [0.2, 0.25) is 0 Å². The van der Waals surface area contributed by atoms with E-state index in [-0.39, 0.29) is 6.61 Å². The van der Waals surface area contributed by atoms with Crippen LogP contribution in [0.25, 0.3) is 0 Å². The van der Waals surface area contributed by atoms with Gasteiger partial charge in [0, 0.05) is 6.61 Å². The Morgan fingerprint density at radius 3 is 2.73 bits per heavy atom. The zero-order valence-electron chi connectivity index (χ0n) is 9.57. The van der Waals surface area contributed by atoms with Crippen molar-refractivity contribution in [2.24, 2.45) is 5.92 Å². The Morgan fingerprint density at radius 2 is 2.07 bits per heavy atom. The first-order valence-electron chi connectivity index (χ1n) is 5.59. The van der Waals surface area contributed by atoms with E-state index in [2.05, 4.69) is 13.8 Å². The van der Waals surface area contributed by atoms with E-state index < -0.39 is 0 Å². The zero-order valence-corrected chi connectivity index (χ0v) is 9.57. The molecule has 1 aromatic carbocycles. The van der Waals surface area contributed by atoms with Gasteiger partial charge in [-0.2, -0.15) is 0 Å². The molecule has 84 valence electrons. The van der Waals surface area contributed by atoms with Crippen LogP contribution in [0, 0.1) is 5.92 Å². The number of aliphatic hydroxyl groups excluding tert-OH is 1. The lowest BCUT2D eigenvalue weighted by Crippen LogP contribution is -2.08. The van der Waals surface area contributed by atoms with Crippen molar-refractivity contribution < 1.29 is 9.84 Å². The van der Waals surface area contributed by atoms with E-state index in [4.69, 9.17) is 9.84 Å². The molecule has 0 aliphatic rings. The van der Waals surface area contributed by atoms with Gasteiger partial charge in [0.2, 0.25) is 0 Å². The van der Waals surface area contributed by atoms with Gasteiger partial charge < -0.3 is 9.84 Å². The summed E-state index contributed by atoms with van der Waals surface area (Å²) in [7, 11) is 0. The molecule has 0 bridgehead atoms. The normalized spacial score (nSPS) is 12.5. The van der Waals surface area contributed by atoms with E-state index >= 15 is 0 Å². The molecular formula is C13H20O2. The van der Waals surface area contributed by atoms with Gasteiger partial charge in [-0.05, 0) is 24.0 Å². The van der Waals surface area contributed by atoms with E-state index in [0.29, 0.717) is 12.3 Å². The van der Waals surface area contributed by atoms with Gasteiger partial charge in [0.15, 0.2) is 0 Å². The number of aliphatic hydroxyl groups is 1. The lowest BCUT2D eigenvalue weighted by atomic mass is 10.1. The Morgan fingerprint density at radius 1 is 1.33 bits per heavy atom. The predicted octanol–water partition coefficient (Wildman–Crippen LogP) is 2.65. The summed E-state index contributed by atoms with van der Waals surface area (Å²) in [5, 5.41) is 8.91. The molecule has 0 radical (unpaired) electrons. The van der Waals surface area contributed by atoms with Crippen molar-refractivity contribution in [3.8, 4) is 5.75 Å². The van der Waals surface area contributed by atoms with Crippen LogP contribution in [0.1, 0.15) is 25.8 Å². The molecule has 2 heteroatoms. The maximum Gasteiger partial charge on any atom is 0.122 e. The number of ether oxygens (including phenoxy) is 1. The molecule has 0 saturated heterocycles. The molecule has 0 amide bonds. The smallest absolute Gasteiger partial charge is 0.122 e. The van der Waals surface area contributed by atoms with Gasteiger partial charge in [0.1, 0.15) is 5.75 Å². The first-order valence-corrected chi connectivity index (χ1v) is 5.59. The quantitative estimate of drug-likeness (QED) is 0.778. The monoisotopic (exact) mass is 208 g/mol. The fraction of sp³-hybridized carbons (Fsp3) is 0.538. The molecule has 1 rings (SSSR count). The Bertz CT molecular complexity index is 284. The molecule has 1 unspecified atom stereocenters. The summed E-state index contributed by atoms with van der Waals surface area (Å²) in [6, 6.07) is 7.91. The Kier molecular flexibility index (Phi) is 5.19. The highest BCUT2D eigenvalue weighted by molar-refractivity contribution is 5.33. The van der Waals surface area contributed by atoms with Gasteiger partial charge in [-0.15, -0.1) is 0 Å². The molecule has 0 saturated carbocycles. The maximum atomic E-state index is 8.91. The molecule has 2 nitrogen and oxygen atoms in total. The van der Waals surface area contributed by atoms with E-state index in [0.717, 1.165) is 24.3 Å². The summed E-state index contributed by atoms with van der Waals surface area (Å²) in [6.45, 7) is 5.25. The van der Waals surface area contributed by atoms with Gasteiger partial charge in [-0.3, -0.25) is 0 Å². The summed E-state index contributed by atoms with van der Waals surface area (Å²) < 4.78 is 5.73. The molecule has 0 aliphatic heterocycles. The van der Waals surface area contributed by atoms with Crippen LogP contribution in [-0.2, 0) is 6.42 Å². The third-order valence-corrected chi connectivity index (χ3v) is 2.57. The zero-order chi connectivity index (χ0) is 11.1. The third kappa shape index (κ3) is 3.92. The lowest BCUT2D eigenvalue weighted by Gasteiger charge is -2.13. The van der Waals surface area contributed by atoms with Crippen molar-refractivity contribution in [3.05, 3.63) is 29.8 Å². The fourth-order valence-corrected chi connectivity index (χ4v) is 1.32. The Labute approximate surface area is 91.9 Å². The van der Waals surface area contributed by atoms with E-state index in [9.17, 15) is 0 Å². The minimum atomic E-state index is 0.170. The number of benzene rings is 1. The maximum absolute atomic E-state index is 8.91. The molecule has 1 N–H and O–H groups in total. The third-order valence-electron chi connectivity index (χ3n) is 2.57. The van der Waals surface area contributed by atoms with Crippen LogP contribution in [-0.4, -0.2) is 18.3 Å². The summed E-state index contributed by atoms with van der Waals surface area (Å²) in [5.74, 6) is 1.49. The molecule has 0 aliphatic carbocycles. The van der Waals surface area contributed by atoms with Crippen molar-refractivity contribution in [1.82, 2.24) is 0 Å². The van der Waals surface area contributed by atoms with Crippen molar-refractivity contribution in [3.63, 3.8) is 0 Å². The molecule has 15 heavy (non-hydrogen) atoms. The standard InChI is InChI=1S/C13H20O2/c1-3-11(2)10-15-13-7-5-4-6-12(13)8-9-14/h4-7,11,14H,3,8-10H2,1-2H3. The molecular weight excluding hydrogens is 188 g/mol. The van der Waals surface area contributed by atoms with E-state index in [1.807, 2.05) is 24.3 Å². The van der Waals surface area contributed by atoms with E-state index in [1.165, 1.54) is 0 Å². The van der Waals surface area contributed by atoms with Crippen molar-refractivity contribution >= 4 is 0 Å². The van der Waals surface area contributed by atoms with Gasteiger partial charge in [0.25, 0.3) is 0 Å². The highest BCUT2D eigenvalue weighted by Crippen LogP contribution is 2.19. The Hall–Kier alpha value is -1.02. The van der Waals surface area contributed by atoms with Crippen LogP contribution in [0.5, 0.6) is 5.75 Å². The molecule has 0 fully saturated rings. The van der Waals surface area contributed by atoms with Crippen LogP contribution in [0.15, 0.2) is 24.3 Å². The molecule has 0 heterocycles. The van der Waals surface area contributed by atoms with E-state index in [1.54, 1.807) is 0 Å². The molecule has 1 aromatic rings. The first kappa shape index (κ1) is 12.1. The van der Waals surface area contributed by atoms with Crippen LogP contribution >= 0.6 is 0 Å². The molecule has 0 aromatic heterocycles. The molecule has 1 atom stereocenters. The summed E-state index contributed by atoms with van der Waals surface area (Å²) in [4.78, 5) is 0. The van der Waals surface area contributed by atoms with Crippen LogP contribution < -0.4 is 4.74 Å². The SMILES string of the molecule is CCC(C)COc1ccccc1CCO. The number of para-hydroxylation sites is 1. The minimum absolute atomic E-state index is 0.170. The van der Waals surface area contributed by atoms with Crippen molar-refractivity contribution in [2.45, 2.75) is 26.7 Å². The largest absolute Gasteiger partial charge is 0.493 e. The molecule has 0 spiro atoms. The van der Waals surface area contributed by atoms with Gasteiger partial charge in [-0.25, -0.2) is 0 Å². The number of hydrogen-bond donors (Lipinski definition) is 1.